The van der Waals surface area contributed by atoms with Crippen LogP contribution in [0.3, 0.4) is 0 Å². The van der Waals surface area contributed by atoms with Gasteiger partial charge in [-0.1, -0.05) is 19.1 Å². The summed E-state index contributed by atoms with van der Waals surface area (Å²) in [5.74, 6) is 0. The van der Waals surface area contributed by atoms with Crippen molar-refractivity contribution in [2.75, 3.05) is 26.2 Å². The summed E-state index contributed by atoms with van der Waals surface area (Å²) in [6, 6.07) is 8.37. The van der Waals surface area contributed by atoms with Crippen LogP contribution in [-0.2, 0) is 6.42 Å². The molecule has 2 N–H and O–H groups in total. The third-order valence-corrected chi connectivity index (χ3v) is 7.64. The van der Waals surface area contributed by atoms with Crippen LogP contribution in [0.2, 0.25) is 0 Å². The molecular formula is C18H26N4O4+2. The first kappa shape index (κ1) is 17.4. The van der Waals surface area contributed by atoms with E-state index >= 15 is 0 Å². The maximum atomic E-state index is 12.1. The van der Waals surface area contributed by atoms with Crippen LogP contribution < -0.4 is 9.80 Å². The monoisotopic (exact) mass is 362 g/mol. The lowest BCUT2D eigenvalue weighted by atomic mass is 9.53. The number of piperidine rings is 2. The maximum absolute atomic E-state index is 12.1. The largest absolute Gasteiger partial charge is 0.329 e. The Morgan fingerprint density at radius 1 is 0.962 bits per heavy atom. The molecule has 4 saturated heterocycles. The van der Waals surface area contributed by atoms with Gasteiger partial charge >= 0.3 is 11.1 Å². The van der Waals surface area contributed by atoms with Crippen LogP contribution in [0.5, 0.6) is 0 Å². The molecule has 0 aromatic heterocycles. The second-order valence-electron chi connectivity index (χ2n) is 8.75. The Labute approximate surface area is 152 Å². The number of nitro groups is 2. The molecule has 0 unspecified atom stereocenters. The highest BCUT2D eigenvalue weighted by Crippen LogP contribution is 2.48. The Morgan fingerprint density at radius 2 is 1.38 bits per heavy atom. The van der Waals surface area contributed by atoms with Crippen molar-refractivity contribution < 1.29 is 19.6 Å². The predicted molar refractivity (Wildman–Crippen MR) is 93.2 cm³/mol. The number of rotatable bonds is 4. The summed E-state index contributed by atoms with van der Waals surface area (Å²) in [6.07, 6.45) is 0.999. The summed E-state index contributed by atoms with van der Waals surface area (Å²) >= 11 is 0. The molecular weight excluding hydrogens is 336 g/mol. The van der Waals surface area contributed by atoms with Gasteiger partial charge in [-0.05, 0) is 38.0 Å². The molecule has 0 radical (unpaired) electrons. The SMILES string of the molecule is CCc1ccc(C2[NH+]3CC4([N+](=O)[O-])C[NH+]2CC([N+](=O)[O-])(C3)C4(C)C)cc1. The van der Waals surface area contributed by atoms with Gasteiger partial charge in [0.05, 0.1) is 5.56 Å². The van der Waals surface area contributed by atoms with Crippen LogP contribution in [-0.4, -0.2) is 47.1 Å². The van der Waals surface area contributed by atoms with Crippen molar-refractivity contribution in [1.29, 1.82) is 0 Å². The summed E-state index contributed by atoms with van der Waals surface area (Å²) < 4.78 is 0. The van der Waals surface area contributed by atoms with E-state index in [1.807, 2.05) is 0 Å². The van der Waals surface area contributed by atoms with Crippen molar-refractivity contribution in [2.45, 2.75) is 44.4 Å². The molecule has 4 bridgehead atoms. The van der Waals surface area contributed by atoms with Crippen LogP contribution >= 0.6 is 0 Å². The molecule has 4 aliphatic heterocycles. The van der Waals surface area contributed by atoms with E-state index in [2.05, 4.69) is 31.2 Å². The minimum absolute atomic E-state index is 0.0400. The average Bonchev–Trinajstić information content (AvgIpc) is 2.58. The van der Waals surface area contributed by atoms with Crippen LogP contribution in [0.4, 0.5) is 0 Å². The van der Waals surface area contributed by atoms with Gasteiger partial charge in [-0.25, -0.2) is 0 Å². The van der Waals surface area contributed by atoms with Gasteiger partial charge in [0.15, 0.2) is 26.2 Å². The smallest absolute Gasteiger partial charge is 0.270 e. The number of quaternary nitrogens is 2. The third-order valence-electron chi connectivity index (χ3n) is 7.64. The average molecular weight is 362 g/mol. The molecule has 4 aliphatic rings. The molecule has 8 heteroatoms. The fourth-order valence-electron chi connectivity index (χ4n) is 5.90. The van der Waals surface area contributed by atoms with Crippen molar-refractivity contribution >= 4 is 0 Å². The van der Waals surface area contributed by atoms with Crippen LogP contribution in [0, 0.1) is 25.6 Å². The summed E-state index contributed by atoms with van der Waals surface area (Å²) in [4.78, 5) is 25.8. The van der Waals surface area contributed by atoms with E-state index in [0.717, 1.165) is 21.8 Å². The summed E-state index contributed by atoms with van der Waals surface area (Å²) in [7, 11) is 0. The second-order valence-corrected chi connectivity index (χ2v) is 8.75. The van der Waals surface area contributed by atoms with E-state index in [-0.39, 0.29) is 16.0 Å². The van der Waals surface area contributed by atoms with Crippen LogP contribution in [0.15, 0.2) is 24.3 Å². The van der Waals surface area contributed by atoms with Gasteiger partial charge in [-0.3, -0.25) is 30.0 Å². The molecule has 1 aromatic carbocycles. The first-order valence-corrected chi connectivity index (χ1v) is 9.25. The molecule has 140 valence electrons. The highest BCUT2D eigenvalue weighted by Gasteiger charge is 2.87. The lowest BCUT2D eigenvalue weighted by Gasteiger charge is -2.60. The zero-order chi connectivity index (χ0) is 18.9. The first-order valence-electron chi connectivity index (χ1n) is 9.25. The van der Waals surface area contributed by atoms with Gasteiger partial charge < -0.3 is 0 Å². The van der Waals surface area contributed by atoms with Crippen molar-refractivity contribution in [3.8, 4) is 0 Å². The quantitative estimate of drug-likeness (QED) is 0.537. The van der Waals surface area contributed by atoms with Crippen molar-refractivity contribution in [1.82, 2.24) is 0 Å². The number of hydrogen-bond donors (Lipinski definition) is 2. The van der Waals surface area contributed by atoms with Gasteiger partial charge in [0, 0.05) is 9.85 Å². The minimum Gasteiger partial charge on any atom is -0.270 e. The molecule has 0 atom stereocenters. The zero-order valence-electron chi connectivity index (χ0n) is 15.4. The first-order chi connectivity index (χ1) is 12.2. The fourth-order valence-corrected chi connectivity index (χ4v) is 5.90. The summed E-state index contributed by atoms with van der Waals surface area (Å²) in [6.45, 7) is 6.99. The second kappa shape index (κ2) is 5.23. The van der Waals surface area contributed by atoms with Crippen molar-refractivity contribution in [3.63, 3.8) is 0 Å². The Balaban J connectivity index is 1.80. The lowest BCUT2D eigenvalue weighted by molar-refractivity contribution is -1.20. The van der Waals surface area contributed by atoms with Gasteiger partial charge in [0.1, 0.15) is 5.41 Å². The standard InChI is InChI=1S/C18H24N4O4/c1-4-13-5-7-14(8-6-13)15-19-9-17(21(23)24)10-20(15)12-18(11-19,22(25)26)16(17,2)3/h5-8,15H,4,9-12H2,1-3H3/p+2. The molecule has 1 aromatic rings. The van der Waals surface area contributed by atoms with E-state index in [1.165, 1.54) is 5.56 Å². The van der Waals surface area contributed by atoms with Gasteiger partial charge in [-0.15, -0.1) is 0 Å². The topological polar surface area (TPSA) is 95.2 Å². The molecule has 8 nitrogen and oxygen atoms in total. The van der Waals surface area contributed by atoms with E-state index < -0.39 is 16.5 Å². The minimum atomic E-state index is -1.25. The van der Waals surface area contributed by atoms with Gasteiger partial charge in [0.2, 0.25) is 6.17 Å². The predicted octanol–water partition coefficient (Wildman–Crippen LogP) is -0.885. The number of nitrogens with one attached hydrogen (secondary N) is 2. The Hall–Kier alpha value is -2.06. The Kier molecular flexibility index (Phi) is 3.49. The van der Waals surface area contributed by atoms with E-state index in [0.29, 0.717) is 26.2 Å². The normalized spacial score (nSPS) is 39.7. The Morgan fingerprint density at radius 3 is 1.73 bits per heavy atom. The molecule has 26 heavy (non-hydrogen) atoms. The van der Waals surface area contributed by atoms with E-state index in [1.54, 1.807) is 13.8 Å². The highest BCUT2D eigenvalue weighted by atomic mass is 16.6. The van der Waals surface area contributed by atoms with E-state index in [9.17, 15) is 20.2 Å². The lowest BCUT2D eigenvalue weighted by Crippen LogP contribution is -3.43. The van der Waals surface area contributed by atoms with E-state index in [4.69, 9.17) is 0 Å². The van der Waals surface area contributed by atoms with Crippen LogP contribution in [0.25, 0.3) is 0 Å². The zero-order valence-corrected chi connectivity index (χ0v) is 15.4. The molecule has 4 heterocycles. The molecule has 5 rings (SSSR count). The number of nitrogens with zero attached hydrogens (tertiary/aromatic N) is 2. The Bertz CT molecular complexity index is 724. The van der Waals surface area contributed by atoms with Crippen LogP contribution in [0.1, 0.15) is 38.1 Å². The number of aryl methyl sites for hydroxylation is 1. The fraction of sp³-hybridized carbons (Fsp3) is 0.667. The van der Waals surface area contributed by atoms with Gasteiger partial charge in [-0.2, -0.15) is 0 Å². The maximum Gasteiger partial charge on any atom is 0.329 e. The third kappa shape index (κ3) is 1.86. The van der Waals surface area contributed by atoms with Crippen molar-refractivity contribution in [2.24, 2.45) is 5.41 Å². The van der Waals surface area contributed by atoms with Gasteiger partial charge in [0.25, 0.3) is 0 Å². The number of hydrogen-bond acceptors (Lipinski definition) is 4. The summed E-state index contributed by atoms with van der Waals surface area (Å²) in [5.41, 5.74) is -1.10. The molecule has 0 saturated carbocycles. The summed E-state index contributed by atoms with van der Waals surface area (Å²) in [5, 5.41) is 24.2. The molecule has 4 fully saturated rings. The molecule has 0 amide bonds. The molecule has 0 spiro atoms. The number of benzene rings is 1. The highest BCUT2D eigenvalue weighted by molar-refractivity contribution is 5.24. The molecule has 0 aliphatic carbocycles. The van der Waals surface area contributed by atoms with Crippen molar-refractivity contribution in [3.05, 3.63) is 55.6 Å².